The molecule has 0 aliphatic carbocycles. The molecule has 0 aliphatic heterocycles. The van der Waals surface area contributed by atoms with Gasteiger partial charge in [0.2, 0.25) is 10.0 Å². The second kappa shape index (κ2) is 6.17. The van der Waals surface area contributed by atoms with Crippen LogP contribution in [-0.2, 0) is 16.6 Å². The molecule has 104 valence electrons. The molecule has 18 heavy (non-hydrogen) atoms. The van der Waals surface area contributed by atoms with E-state index in [1.54, 1.807) is 6.92 Å². The number of nitrogens with zero attached hydrogens (tertiary/aromatic N) is 3. The predicted octanol–water partition coefficient (Wildman–Crippen LogP) is -0.122. The fourth-order valence-corrected chi connectivity index (χ4v) is 3.16. The Bertz CT molecular complexity index is 483. The Morgan fingerprint density at radius 2 is 2.17 bits per heavy atom. The van der Waals surface area contributed by atoms with Gasteiger partial charge in [0, 0.05) is 25.8 Å². The summed E-state index contributed by atoms with van der Waals surface area (Å²) in [5.74, 6) is -0.000148. The van der Waals surface area contributed by atoms with E-state index in [0.717, 1.165) is 6.42 Å². The van der Waals surface area contributed by atoms with Crippen LogP contribution in [0.5, 0.6) is 0 Å². The number of aliphatic hydroxyl groups excluding tert-OH is 1. The number of nitrogen functional groups attached to an aromatic ring is 1. The highest BCUT2D eigenvalue weighted by molar-refractivity contribution is 7.89. The Labute approximate surface area is 107 Å². The lowest BCUT2D eigenvalue weighted by Gasteiger charge is -2.18. The van der Waals surface area contributed by atoms with Crippen molar-refractivity contribution in [1.29, 1.82) is 0 Å². The molecule has 0 amide bonds. The van der Waals surface area contributed by atoms with Crippen LogP contribution in [0.1, 0.15) is 20.3 Å². The molecule has 0 saturated carbocycles. The summed E-state index contributed by atoms with van der Waals surface area (Å²) in [6.07, 6.45) is 2.28. The van der Waals surface area contributed by atoms with Gasteiger partial charge in [0.1, 0.15) is 4.90 Å². The topological polar surface area (TPSA) is 101 Å². The van der Waals surface area contributed by atoms with E-state index in [-0.39, 0.29) is 30.4 Å². The van der Waals surface area contributed by atoms with Gasteiger partial charge in [-0.05, 0) is 6.42 Å². The highest BCUT2D eigenvalue weighted by Crippen LogP contribution is 2.20. The maximum Gasteiger partial charge on any atom is 0.248 e. The molecule has 8 heteroatoms. The highest BCUT2D eigenvalue weighted by atomic mass is 32.2. The number of hydrogen-bond donors (Lipinski definition) is 2. The second-order valence-electron chi connectivity index (χ2n) is 3.86. The molecule has 0 aliphatic rings. The quantitative estimate of drug-likeness (QED) is 0.723. The minimum atomic E-state index is -3.68. The van der Waals surface area contributed by atoms with Gasteiger partial charge in [-0.3, -0.25) is 4.68 Å². The van der Waals surface area contributed by atoms with Gasteiger partial charge in [0.05, 0.1) is 6.61 Å². The number of aliphatic hydroxyl groups is 1. The normalized spacial score (nSPS) is 12.2. The molecule has 0 atom stereocenters. The Kier molecular flexibility index (Phi) is 5.12. The van der Waals surface area contributed by atoms with Crippen molar-refractivity contribution in [3.8, 4) is 0 Å². The fourth-order valence-electron chi connectivity index (χ4n) is 1.66. The summed E-state index contributed by atoms with van der Waals surface area (Å²) in [5, 5.41) is 12.8. The van der Waals surface area contributed by atoms with Gasteiger partial charge < -0.3 is 10.8 Å². The zero-order valence-electron chi connectivity index (χ0n) is 10.7. The lowest BCUT2D eigenvalue weighted by atomic mass is 10.5. The molecule has 0 saturated heterocycles. The van der Waals surface area contributed by atoms with Gasteiger partial charge in [-0.1, -0.05) is 13.8 Å². The summed E-state index contributed by atoms with van der Waals surface area (Å²) in [7, 11) is -3.68. The summed E-state index contributed by atoms with van der Waals surface area (Å²) in [4.78, 5) is 0.00579. The lowest BCUT2D eigenvalue weighted by Crippen LogP contribution is -2.33. The van der Waals surface area contributed by atoms with Crippen LogP contribution in [0.2, 0.25) is 0 Å². The first-order valence-corrected chi connectivity index (χ1v) is 7.35. The summed E-state index contributed by atoms with van der Waals surface area (Å²) in [6, 6.07) is 0. The van der Waals surface area contributed by atoms with E-state index in [1.807, 2.05) is 6.92 Å². The van der Waals surface area contributed by atoms with Crippen LogP contribution in [0.25, 0.3) is 0 Å². The molecule has 0 aromatic carbocycles. The standard InChI is InChI=1S/C10H20N4O3S/c1-3-5-13-8-9(10(11)12-13)18(16,17)14(4-2)6-7-15/h8,15H,3-7H2,1-2H3,(H2,11,12). The summed E-state index contributed by atoms with van der Waals surface area (Å²) < 4.78 is 27.2. The van der Waals surface area contributed by atoms with E-state index >= 15 is 0 Å². The third-order valence-corrected chi connectivity index (χ3v) is 4.52. The first kappa shape index (κ1) is 14.9. The van der Waals surface area contributed by atoms with Gasteiger partial charge in [0.25, 0.3) is 0 Å². The predicted molar refractivity (Wildman–Crippen MR) is 68.4 cm³/mol. The molecule has 0 spiro atoms. The van der Waals surface area contributed by atoms with E-state index in [1.165, 1.54) is 15.2 Å². The summed E-state index contributed by atoms with van der Waals surface area (Å²) in [6.45, 7) is 4.40. The number of aromatic nitrogens is 2. The molecule has 0 fully saturated rings. The molecule has 0 bridgehead atoms. The SMILES string of the molecule is CCCn1cc(S(=O)(=O)N(CC)CCO)c(N)n1. The Balaban J connectivity index is 3.10. The molecule has 0 radical (unpaired) electrons. The van der Waals surface area contributed by atoms with Crippen molar-refractivity contribution in [2.45, 2.75) is 31.7 Å². The van der Waals surface area contributed by atoms with Crippen LogP contribution in [0.3, 0.4) is 0 Å². The molecular weight excluding hydrogens is 256 g/mol. The van der Waals surface area contributed by atoms with Crippen molar-refractivity contribution in [2.24, 2.45) is 0 Å². The zero-order valence-corrected chi connectivity index (χ0v) is 11.5. The average molecular weight is 276 g/mol. The van der Waals surface area contributed by atoms with Gasteiger partial charge in [-0.15, -0.1) is 0 Å². The van der Waals surface area contributed by atoms with Crippen LogP contribution < -0.4 is 5.73 Å². The Hall–Kier alpha value is -1.12. The number of rotatable bonds is 7. The lowest BCUT2D eigenvalue weighted by molar-refractivity contribution is 0.257. The molecule has 1 heterocycles. The van der Waals surface area contributed by atoms with E-state index in [0.29, 0.717) is 6.54 Å². The van der Waals surface area contributed by atoms with Crippen molar-refractivity contribution >= 4 is 15.8 Å². The minimum Gasteiger partial charge on any atom is -0.395 e. The third kappa shape index (κ3) is 3.01. The Morgan fingerprint density at radius 3 is 2.67 bits per heavy atom. The first-order chi connectivity index (χ1) is 8.47. The van der Waals surface area contributed by atoms with Crippen molar-refractivity contribution in [1.82, 2.24) is 14.1 Å². The van der Waals surface area contributed by atoms with Crippen LogP contribution in [0.4, 0.5) is 5.82 Å². The van der Waals surface area contributed by atoms with E-state index < -0.39 is 10.0 Å². The van der Waals surface area contributed by atoms with E-state index in [9.17, 15) is 8.42 Å². The van der Waals surface area contributed by atoms with Gasteiger partial charge in [-0.25, -0.2) is 8.42 Å². The van der Waals surface area contributed by atoms with E-state index in [2.05, 4.69) is 5.10 Å². The minimum absolute atomic E-state index is 0.000148. The van der Waals surface area contributed by atoms with Gasteiger partial charge in [-0.2, -0.15) is 9.40 Å². The first-order valence-electron chi connectivity index (χ1n) is 5.91. The number of nitrogens with two attached hydrogens (primary N) is 1. The molecule has 0 unspecified atom stereocenters. The van der Waals surface area contributed by atoms with Crippen molar-refractivity contribution in [3.05, 3.63) is 6.20 Å². The Morgan fingerprint density at radius 1 is 1.50 bits per heavy atom. The molecule has 3 N–H and O–H groups in total. The maximum atomic E-state index is 12.3. The average Bonchev–Trinajstić information content (AvgIpc) is 2.68. The second-order valence-corrected chi connectivity index (χ2v) is 5.77. The van der Waals surface area contributed by atoms with Gasteiger partial charge in [0.15, 0.2) is 5.82 Å². The van der Waals surface area contributed by atoms with Crippen LogP contribution in [0.15, 0.2) is 11.1 Å². The van der Waals surface area contributed by atoms with Crippen molar-refractivity contribution in [3.63, 3.8) is 0 Å². The fraction of sp³-hybridized carbons (Fsp3) is 0.700. The molecular formula is C10H20N4O3S. The van der Waals surface area contributed by atoms with Crippen LogP contribution in [0, 0.1) is 0 Å². The molecule has 7 nitrogen and oxygen atoms in total. The summed E-state index contributed by atoms with van der Waals surface area (Å²) in [5.41, 5.74) is 5.65. The van der Waals surface area contributed by atoms with Gasteiger partial charge >= 0.3 is 0 Å². The number of sulfonamides is 1. The molecule has 1 aromatic heterocycles. The summed E-state index contributed by atoms with van der Waals surface area (Å²) >= 11 is 0. The number of anilines is 1. The molecule has 1 rings (SSSR count). The largest absolute Gasteiger partial charge is 0.395 e. The molecule has 1 aromatic rings. The number of hydrogen-bond acceptors (Lipinski definition) is 5. The van der Waals surface area contributed by atoms with Crippen molar-refractivity contribution in [2.75, 3.05) is 25.4 Å². The highest BCUT2D eigenvalue weighted by Gasteiger charge is 2.27. The zero-order chi connectivity index (χ0) is 13.8. The van der Waals surface area contributed by atoms with Crippen molar-refractivity contribution < 1.29 is 13.5 Å². The smallest absolute Gasteiger partial charge is 0.248 e. The van der Waals surface area contributed by atoms with E-state index in [4.69, 9.17) is 10.8 Å². The van der Waals surface area contributed by atoms with Crippen LogP contribution >= 0.6 is 0 Å². The number of aryl methyl sites for hydroxylation is 1. The third-order valence-electron chi connectivity index (χ3n) is 2.53. The van der Waals surface area contributed by atoms with Crippen LogP contribution in [-0.4, -0.2) is 47.3 Å². The monoisotopic (exact) mass is 276 g/mol. The number of likely N-dealkylation sites (N-methyl/N-ethyl adjacent to an activating group) is 1. The maximum absolute atomic E-state index is 12.3.